The van der Waals surface area contributed by atoms with E-state index in [4.69, 9.17) is 5.11 Å². The van der Waals surface area contributed by atoms with Gasteiger partial charge in [0.2, 0.25) is 0 Å². The fourth-order valence-corrected chi connectivity index (χ4v) is 4.35. The molecule has 0 aliphatic carbocycles. The molecule has 0 saturated heterocycles. The van der Waals surface area contributed by atoms with E-state index in [2.05, 4.69) is 0 Å². The molecule has 1 heterocycles. The third-order valence-electron chi connectivity index (χ3n) is 3.10. The summed E-state index contributed by atoms with van der Waals surface area (Å²) < 4.78 is 26.2. The molecule has 0 amide bonds. The molecule has 0 saturated carbocycles. The molecule has 2 rings (SSSR count). The van der Waals surface area contributed by atoms with Gasteiger partial charge in [0.1, 0.15) is 10.8 Å². The summed E-state index contributed by atoms with van der Waals surface area (Å²) in [6.45, 7) is 3.16. The van der Waals surface area contributed by atoms with E-state index < -0.39 is 22.5 Å². The minimum atomic E-state index is -3.86. The van der Waals surface area contributed by atoms with E-state index in [-0.39, 0.29) is 4.21 Å². The maximum Gasteiger partial charge on any atom is 0.324 e. The van der Waals surface area contributed by atoms with E-state index >= 15 is 0 Å². The van der Waals surface area contributed by atoms with Crippen LogP contribution in [0.4, 0.5) is 5.69 Å². The Balaban J connectivity index is 2.53. The van der Waals surface area contributed by atoms with Gasteiger partial charge in [0, 0.05) is 0 Å². The predicted molar refractivity (Wildman–Crippen MR) is 82.4 cm³/mol. The first-order valence-corrected chi connectivity index (χ1v) is 8.49. The van der Waals surface area contributed by atoms with E-state index in [9.17, 15) is 13.2 Å². The number of aryl methyl sites for hydroxylation is 2. The van der Waals surface area contributed by atoms with Crippen molar-refractivity contribution >= 4 is 33.0 Å². The number of carbonyl (C=O) groups is 1. The van der Waals surface area contributed by atoms with E-state index in [0.717, 1.165) is 26.8 Å². The van der Waals surface area contributed by atoms with Gasteiger partial charge in [0.05, 0.1) is 5.69 Å². The summed E-state index contributed by atoms with van der Waals surface area (Å²) in [5.74, 6) is -1.20. The number of sulfonamides is 1. The summed E-state index contributed by atoms with van der Waals surface area (Å²) in [6.07, 6.45) is 0. The van der Waals surface area contributed by atoms with Crippen molar-refractivity contribution in [2.45, 2.75) is 18.1 Å². The Morgan fingerprint density at radius 3 is 2.48 bits per heavy atom. The number of hydrogen-bond acceptors (Lipinski definition) is 4. The Kier molecular flexibility index (Phi) is 4.34. The van der Waals surface area contributed by atoms with Crippen molar-refractivity contribution in [1.29, 1.82) is 0 Å². The molecule has 1 aromatic heterocycles. The Morgan fingerprint density at radius 2 is 1.95 bits per heavy atom. The highest BCUT2D eigenvalue weighted by Gasteiger charge is 2.28. The van der Waals surface area contributed by atoms with Crippen molar-refractivity contribution < 1.29 is 18.3 Å². The monoisotopic (exact) mass is 325 g/mol. The van der Waals surface area contributed by atoms with Gasteiger partial charge in [-0.1, -0.05) is 12.1 Å². The second kappa shape index (κ2) is 5.87. The lowest BCUT2D eigenvalue weighted by atomic mass is 10.1. The summed E-state index contributed by atoms with van der Waals surface area (Å²) in [5.41, 5.74) is 2.28. The second-order valence-electron chi connectivity index (χ2n) is 4.61. The third kappa shape index (κ3) is 3.25. The van der Waals surface area contributed by atoms with Gasteiger partial charge in [-0.3, -0.25) is 9.10 Å². The topological polar surface area (TPSA) is 74.7 Å². The zero-order valence-electron chi connectivity index (χ0n) is 11.6. The number of hydrogen-bond donors (Lipinski definition) is 1. The van der Waals surface area contributed by atoms with Crippen LogP contribution < -0.4 is 4.31 Å². The van der Waals surface area contributed by atoms with Crippen LogP contribution in [0.3, 0.4) is 0 Å². The quantitative estimate of drug-likeness (QED) is 0.917. The van der Waals surface area contributed by atoms with Crippen molar-refractivity contribution in [3.8, 4) is 0 Å². The number of thiophene rings is 1. The lowest BCUT2D eigenvalue weighted by Gasteiger charge is -2.22. The highest BCUT2D eigenvalue weighted by atomic mass is 32.2. The molecule has 112 valence electrons. The van der Waals surface area contributed by atoms with Gasteiger partial charge in [0.15, 0.2) is 0 Å². The number of nitrogens with zero attached hydrogens (tertiary/aromatic N) is 1. The molecular weight excluding hydrogens is 310 g/mol. The van der Waals surface area contributed by atoms with Crippen LogP contribution in [0.1, 0.15) is 11.1 Å². The first-order chi connectivity index (χ1) is 9.82. The largest absolute Gasteiger partial charge is 0.480 e. The molecule has 1 aromatic carbocycles. The van der Waals surface area contributed by atoms with Crippen molar-refractivity contribution in [2.75, 3.05) is 10.8 Å². The fourth-order valence-electron chi connectivity index (χ4n) is 1.84. The number of carboxylic acids is 1. The third-order valence-corrected chi connectivity index (χ3v) is 6.24. The van der Waals surface area contributed by atoms with E-state index in [0.29, 0.717) is 5.69 Å². The zero-order chi connectivity index (χ0) is 15.6. The molecule has 21 heavy (non-hydrogen) atoms. The number of benzene rings is 1. The van der Waals surface area contributed by atoms with Gasteiger partial charge in [-0.2, -0.15) is 0 Å². The summed E-state index contributed by atoms with van der Waals surface area (Å²) in [7, 11) is -3.86. The van der Waals surface area contributed by atoms with Gasteiger partial charge in [-0.05, 0) is 48.6 Å². The minimum absolute atomic E-state index is 0.127. The van der Waals surface area contributed by atoms with Crippen LogP contribution in [0.15, 0.2) is 39.9 Å². The number of aliphatic carboxylic acids is 1. The van der Waals surface area contributed by atoms with Crippen molar-refractivity contribution in [2.24, 2.45) is 0 Å². The highest BCUT2D eigenvalue weighted by Crippen LogP contribution is 2.27. The maximum absolute atomic E-state index is 12.6. The Bertz CT molecular complexity index is 751. The predicted octanol–water partition coefficient (Wildman–Crippen LogP) is 2.64. The number of anilines is 1. The molecule has 0 fully saturated rings. The summed E-state index contributed by atoms with van der Waals surface area (Å²) in [4.78, 5) is 11.0. The molecule has 0 aliphatic heterocycles. The Morgan fingerprint density at radius 1 is 1.24 bits per heavy atom. The highest BCUT2D eigenvalue weighted by molar-refractivity contribution is 7.94. The van der Waals surface area contributed by atoms with Gasteiger partial charge in [0.25, 0.3) is 10.0 Å². The standard InChI is InChI=1S/C14H15NO4S2/c1-10-5-6-12(8-11(10)2)15(9-13(16)17)21(18,19)14-4-3-7-20-14/h3-8H,9H2,1-2H3,(H,16,17). The second-order valence-corrected chi connectivity index (χ2v) is 7.64. The molecule has 1 N–H and O–H groups in total. The lowest BCUT2D eigenvalue weighted by molar-refractivity contribution is -0.135. The van der Waals surface area contributed by atoms with Crippen LogP contribution in [-0.4, -0.2) is 26.0 Å². The van der Waals surface area contributed by atoms with Gasteiger partial charge in [-0.15, -0.1) is 11.3 Å². The minimum Gasteiger partial charge on any atom is -0.480 e. The Labute approximate surface area is 127 Å². The Hall–Kier alpha value is -1.86. The number of carboxylic acid groups (broad SMARTS) is 1. The van der Waals surface area contributed by atoms with Crippen LogP contribution in [-0.2, 0) is 14.8 Å². The molecule has 0 atom stereocenters. The van der Waals surface area contributed by atoms with Crippen LogP contribution in [0, 0.1) is 13.8 Å². The molecule has 2 aromatic rings. The molecule has 0 bridgehead atoms. The van der Waals surface area contributed by atoms with Crippen LogP contribution >= 0.6 is 11.3 Å². The fraction of sp³-hybridized carbons (Fsp3) is 0.214. The summed E-state index contributed by atoms with van der Waals surface area (Å²) >= 11 is 1.06. The SMILES string of the molecule is Cc1ccc(N(CC(=O)O)S(=O)(=O)c2cccs2)cc1C. The normalized spacial score (nSPS) is 11.3. The van der Waals surface area contributed by atoms with E-state index in [1.807, 2.05) is 13.8 Å². The summed E-state index contributed by atoms with van der Waals surface area (Å²) in [6, 6.07) is 8.18. The van der Waals surface area contributed by atoms with Crippen molar-refractivity contribution in [3.05, 3.63) is 46.8 Å². The molecule has 7 heteroatoms. The van der Waals surface area contributed by atoms with Gasteiger partial charge >= 0.3 is 5.97 Å². The maximum atomic E-state index is 12.6. The van der Waals surface area contributed by atoms with Gasteiger partial charge in [-0.25, -0.2) is 8.42 Å². The van der Waals surface area contributed by atoms with Crippen LogP contribution in [0.2, 0.25) is 0 Å². The average Bonchev–Trinajstić information content (AvgIpc) is 2.93. The molecule has 0 unspecified atom stereocenters. The van der Waals surface area contributed by atoms with Crippen LogP contribution in [0.5, 0.6) is 0 Å². The molecule has 0 spiro atoms. The van der Waals surface area contributed by atoms with Crippen LogP contribution in [0.25, 0.3) is 0 Å². The van der Waals surface area contributed by atoms with Crippen molar-refractivity contribution in [3.63, 3.8) is 0 Å². The molecule has 0 aliphatic rings. The first kappa shape index (κ1) is 15.5. The van der Waals surface area contributed by atoms with Gasteiger partial charge < -0.3 is 5.11 Å². The zero-order valence-corrected chi connectivity index (χ0v) is 13.2. The lowest BCUT2D eigenvalue weighted by Crippen LogP contribution is -2.35. The molecular formula is C14H15NO4S2. The summed E-state index contributed by atoms with van der Waals surface area (Å²) in [5, 5.41) is 10.7. The average molecular weight is 325 g/mol. The molecule has 0 radical (unpaired) electrons. The molecule has 5 nitrogen and oxygen atoms in total. The van der Waals surface area contributed by atoms with E-state index in [1.54, 1.807) is 29.6 Å². The van der Waals surface area contributed by atoms with E-state index in [1.165, 1.54) is 6.07 Å². The van der Waals surface area contributed by atoms with Crippen molar-refractivity contribution in [1.82, 2.24) is 0 Å². The smallest absolute Gasteiger partial charge is 0.324 e. The first-order valence-electron chi connectivity index (χ1n) is 6.17. The number of rotatable bonds is 5.